The van der Waals surface area contributed by atoms with Gasteiger partial charge in [0.25, 0.3) is 5.56 Å². The van der Waals surface area contributed by atoms with Gasteiger partial charge in [0.05, 0.1) is 23.0 Å². The van der Waals surface area contributed by atoms with Crippen LogP contribution in [0.2, 0.25) is 0 Å². The van der Waals surface area contributed by atoms with E-state index in [2.05, 4.69) is 0 Å². The summed E-state index contributed by atoms with van der Waals surface area (Å²) in [5.74, 6) is -0.916. The molecule has 0 aliphatic carbocycles. The molecule has 26 heavy (non-hydrogen) atoms. The standard InChI is InChI=1S/C20H20N2O4/c1-13(2)11-21-17-9-8-15(19(24)25)10-16(17)18(23)22(20(21)26)12-14-6-4-3-5-7-14/h3-10,13H,11-12H2,1-2H3,(H,24,25). The zero-order valence-corrected chi connectivity index (χ0v) is 14.7. The van der Waals surface area contributed by atoms with Gasteiger partial charge in [0.1, 0.15) is 0 Å². The summed E-state index contributed by atoms with van der Waals surface area (Å²) in [7, 11) is 0. The number of aromatic carboxylic acids is 1. The highest BCUT2D eigenvalue weighted by Crippen LogP contribution is 2.13. The summed E-state index contributed by atoms with van der Waals surface area (Å²) < 4.78 is 2.72. The maximum absolute atomic E-state index is 13.0. The monoisotopic (exact) mass is 352 g/mol. The maximum Gasteiger partial charge on any atom is 0.335 e. The summed E-state index contributed by atoms with van der Waals surface area (Å²) in [5, 5.41) is 9.47. The van der Waals surface area contributed by atoms with Crippen molar-refractivity contribution in [3.05, 3.63) is 80.5 Å². The van der Waals surface area contributed by atoms with Crippen molar-refractivity contribution in [3.63, 3.8) is 0 Å². The van der Waals surface area contributed by atoms with Gasteiger partial charge in [-0.3, -0.25) is 13.9 Å². The van der Waals surface area contributed by atoms with Crippen LogP contribution in [0, 0.1) is 5.92 Å². The molecule has 0 spiro atoms. The molecule has 134 valence electrons. The predicted molar refractivity (Wildman–Crippen MR) is 99.8 cm³/mol. The molecule has 0 amide bonds. The van der Waals surface area contributed by atoms with Crippen LogP contribution >= 0.6 is 0 Å². The van der Waals surface area contributed by atoms with E-state index in [-0.39, 0.29) is 29.1 Å². The molecule has 0 unspecified atom stereocenters. The summed E-state index contributed by atoms with van der Waals surface area (Å²) in [4.78, 5) is 37.2. The number of rotatable bonds is 5. The number of carboxylic acid groups (broad SMARTS) is 1. The Kier molecular flexibility index (Phi) is 4.75. The van der Waals surface area contributed by atoms with Gasteiger partial charge < -0.3 is 5.11 Å². The number of nitrogens with zero attached hydrogens (tertiary/aromatic N) is 2. The Morgan fingerprint density at radius 2 is 1.73 bits per heavy atom. The van der Waals surface area contributed by atoms with Gasteiger partial charge >= 0.3 is 11.7 Å². The third-order valence-electron chi connectivity index (χ3n) is 4.20. The molecule has 0 aliphatic heterocycles. The highest BCUT2D eigenvalue weighted by atomic mass is 16.4. The van der Waals surface area contributed by atoms with Gasteiger partial charge in [0.15, 0.2) is 0 Å². The summed E-state index contributed by atoms with van der Waals surface area (Å²) in [5.41, 5.74) is 0.454. The third kappa shape index (κ3) is 3.31. The predicted octanol–water partition coefficient (Wildman–Crippen LogP) is 2.57. The second kappa shape index (κ2) is 7.00. The number of fused-ring (bicyclic) bond motifs is 1. The second-order valence-corrected chi connectivity index (χ2v) is 6.70. The van der Waals surface area contributed by atoms with E-state index in [4.69, 9.17) is 0 Å². The van der Waals surface area contributed by atoms with Gasteiger partial charge in [-0.1, -0.05) is 44.2 Å². The molecule has 1 heterocycles. The summed E-state index contributed by atoms with van der Waals surface area (Å²) >= 11 is 0. The van der Waals surface area contributed by atoms with E-state index in [1.165, 1.54) is 22.8 Å². The molecule has 0 saturated carbocycles. The number of hydrogen-bond donors (Lipinski definition) is 1. The minimum Gasteiger partial charge on any atom is -0.478 e. The van der Waals surface area contributed by atoms with Crippen LogP contribution in [0.15, 0.2) is 58.1 Å². The number of carboxylic acids is 1. The lowest BCUT2D eigenvalue weighted by atomic mass is 10.1. The molecule has 0 fully saturated rings. The third-order valence-corrected chi connectivity index (χ3v) is 4.20. The van der Waals surface area contributed by atoms with Crippen molar-refractivity contribution in [1.82, 2.24) is 9.13 Å². The Morgan fingerprint density at radius 1 is 1.04 bits per heavy atom. The second-order valence-electron chi connectivity index (χ2n) is 6.70. The molecule has 6 nitrogen and oxygen atoms in total. The topological polar surface area (TPSA) is 81.3 Å². The molecule has 0 radical (unpaired) electrons. The fourth-order valence-corrected chi connectivity index (χ4v) is 3.00. The van der Waals surface area contributed by atoms with Crippen LogP contribution in [0.25, 0.3) is 10.9 Å². The number of carbonyl (C=O) groups is 1. The van der Waals surface area contributed by atoms with Crippen molar-refractivity contribution in [1.29, 1.82) is 0 Å². The molecule has 0 aliphatic rings. The Morgan fingerprint density at radius 3 is 2.35 bits per heavy atom. The fraction of sp³-hybridized carbons (Fsp3) is 0.250. The smallest absolute Gasteiger partial charge is 0.335 e. The van der Waals surface area contributed by atoms with Crippen LogP contribution < -0.4 is 11.2 Å². The van der Waals surface area contributed by atoms with E-state index in [0.717, 1.165) is 5.56 Å². The van der Waals surface area contributed by atoms with Gasteiger partial charge in [-0.2, -0.15) is 0 Å². The van der Waals surface area contributed by atoms with Crippen LogP contribution in [0.1, 0.15) is 29.8 Å². The molecule has 0 bridgehead atoms. The number of hydrogen-bond acceptors (Lipinski definition) is 3. The number of aromatic nitrogens is 2. The maximum atomic E-state index is 13.0. The first-order valence-corrected chi connectivity index (χ1v) is 8.43. The average Bonchev–Trinajstić information content (AvgIpc) is 2.62. The quantitative estimate of drug-likeness (QED) is 0.765. The zero-order valence-electron chi connectivity index (χ0n) is 14.7. The summed E-state index contributed by atoms with van der Waals surface area (Å²) in [6.07, 6.45) is 0. The van der Waals surface area contributed by atoms with Crippen molar-refractivity contribution in [3.8, 4) is 0 Å². The van der Waals surface area contributed by atoms with Crippen LogP contribution in [-0.2, 0) is 13.1 Å². The van der Waals surface area contributed by atoms with Crippen molar-refractivity contribution >= 4 is 16.9 Å². The van der Waals surface area contributed by atoms with Gasteiger partial charge in [0, 0.05) is 6.54 Å². The normalized spacial score (nSPS) is 11.2. The molecule has 3 rings (SSSR count). The van der Waals surface area contributed by atoms with E-state index < -0.39 is 11.5 Å². The lowest BCUT2D eigenvalue weighted by molar-refractivity contribution is 0.0697. The summed E-state index contributed by atoms with van der Waals surface area (Å²) in [6, 6.07) is 13.5. The number of benzene rings is 2. The molecular weight excluding hydrogens is 332 g/mol. The largest absolute Gasteiger partial charge is 0.478 e. The molecule has 2 aromatic carbocycles. The Hall–Kier alpha value is -3.15. The molecule has 1 N–H and O–H groups in total. The van der Waals surface area contributed by atoms with E-state index >= 15 is 0 Å². The average molecular weight is 352 g/mol. The summed E-state index contributed by atoms with van der Waals surface area (Å²) in [6.45, 7) is 4.55. The van der Waals surface area contributed by atoms with Crippen LogP contribution in [0.4, 0.5) is 0 Å². The molecule has 3 aromatic rings. The minimum absolute atomic E-state index is 0.0237. The highest BCUT2D eigenvalue weighted by molar-refractivity contribution is 5.93. The van der Waals surface area contributed by atoms with Gasteiger partial charge in [0.2, 0.25) is 0 Å². The highest BCUT2D eigenvalue weighted by Gasteiger charge is 2.16. The Labute approximate surface area is 149 Å². The zero-order chi connectivity index (χ0) is 18.8. The molecule has 1 aromatic heterocycles. The first-order valence-electron chi connectivity index (χ1n) is 8.43. The van der Waals surface area contributed by atoms with E-state index in [1.54, 1.807) is 4.57 Å². The van der Waals surface area contributed by atoms with Crippen LogP contribution in [-0.4, -0.2) is 20.2 Å². The van der Waals surface area contributed by atoms with Crippen molar-refractivity contribution < 1.29 is 9.90 Å². The lowest BCUT2D eigenvalue weighted by Crippen LogP contribution is -2.41. The Bertz CT molecular complexity index is 1080. The van der Waals surface area contributed by atoms with Crippen molar-refractivity contribution in [2.45, 2.75) is 26.9 Å². The van der Waals surface area contributed by atoms with Gasteiger partial charge in [-0.25, -0.2) is 9.59 Å². The van der Waals surface area contributed by atoms with Crippen LogP contribution in [0.5, 0.6) is 0 Å². The first kappa shape index (κ1) is 17.7. The van der Waals surface area contributed by atoms with Crippen LogP contribution in [0.3, 0.4) is 0 Å². The first-order chi connectivity index (χ1) is 12.4. The molecule has 0 atom stereocenters. The van der Waals surface area contributed by atoms with E-state index in [9.17, 15) is 19.5 Å². The molecule has 0 saturated heterocycles. The fourth-order valence-electron chi connectivity index (χ4n) is 3.00. The molecule has 6 heteroatoms. The van der Waals surface area contributed by atoms with E-state index in [0.29, 0.717) is 12.1 Å². The van der Waals surface area contributed by atoms with Gasteiger partial charge in [-0.15, -0.1) is 0 Å². The van der Waals surface area contributed by atoms with E-state index in [1.807, 2.05) is 44.2 Å². The van der Waals surface area contributed by atoms with Crippen molar-refractivity contribution in [2.75, 3.05) is 0 Å². The minimum atomic E-state index is -1.11. The Balaban J connectivity index is 2.31. The van der Waals surface area contributed by atoms with Gasteiger partial charge in [-0.05, 0) is 29.7 Å². The SMILES string of the molecule is CC(C)Cn1c(=O)n(Cc2ccccc2)c(=O)c2cc(C(=O)O)ccc21. The molecular formula is C20H20N2O4. The lowest BCUT2D eigenvalue weighted by Gasteiger charge is -2.16. The van der Waals surface area contributed by atoms with Crippen molar-refractivity contribution in [2.24, 2.45) is 5.92 Å².